The normalized spacial score (nSPS) is 27.3. The van der Waals surface area contributed by atoms with Crippen LogP contribution >= 0.6 is 0 Å². The first kappa shape index (κ1) is 18.0. The minimum absolute atomic E-state index is 0.00947. The average Bonchev–Trinajstić information content (AvgIpc) is 2.33. The molecule has 0 aromatic carbocycles. The van der Waals surface area contributed by atoms with Gasteiger partial charge in [0.15, 0.2) is 14.4 Å². The van der Waals surface area contributed by atoms with Crippen molar-refractivity contribution in [1.82, 2.24) is 0 Å². The summed E-state index contributed by atoms with van der Waals surface area (Å²) in [5, 5.41) is 3.66. The number of methoxy groups -OCH3 is 1. The Labute approximate surface area is 126 Å². The van der Waals surface area contributed by atoms with Crippen molar-refractivity contribution in [2.75, 3.05) is 7.11 Å². The first-order chi connectivity index (χ1) is 9.55. The molecule has 0 bridgehead atoms. The van der Waals surface area contributed by atoms with Crippen LogP contribution in [0.1, 0.15) is 27.7 Å². The second-order valence-electron chi connectivity index (χ2n) is 6.83. The van der Waals surface area contributed by atoms with E-state index >= 15 is 0 Å². The molecule has 1 fully saturated rings. The Hall–Kier alpha value is -1.08. The third-order valence-corrected chi connectivity index (χ3v) is 8.78. The number of carbonyl (C=O) groups is 1. The van der Waals surface area contributed by atoms with Crippen LogP contribution in [0.15, 0.2) is 5.11 Å². The highest BCUT2D eigenvalue weighted by Gasteiger charge is 2.54. The number of esters is 1. The van der Waals surface area contributed by atoms with Crippen molar-refractivity contribution in [3.05, 3.63) is 10.4 Å². The molecular formula is C13H25N3O4Si. The molecule has 0 N–H and O–H groups in total. The van der Waals surface area contributed by atoms with E-state index in [2.05, 4.69) is 43.9 Å². The zero-order valence-electron chi connectivity index (χ0n) is 13.8. The van der Waals surface area contributed by atoms with Gasteiger partial charge in [-0.05, 0) is 23.7 Å². The highest BCUT2D eigenvalue weighted by molar-refractivity contribution is 6.74. The van der Waals surface area contributed by atoms with Gasteiger partial charge in [-0.25, -0.2) is 4.79 Å². The zero-order chi connectivity index (χ0) is 16.4. The van der Waals surface area contributed by atoms with Crippen LogP contribution in [0.4, 0.5) is 0 Å². The molecule has 0 amide bonds. The molecule has 0 spiro atoms. The molecule has 21 heavy (non-hydrogen) atoms. The highest BCUT2D eigenvalue weighted by atomic mass is 28.4. The number of hydrogen-bond acceptors (Lipinski definition) is 5. The lowest BCUT2D eigenvalue weighted by atomic mass is 9.96. The molecule has 1 aliphatic rings. The lowest BCUT2D eigenvalue weighted by Gasteiger charge is -2.49. The quantitative estimate of drug-likeness (QED) is 0.256. The molecule has 0 radical (unpaired) electrons. The van der Waals surface area contributed by atoms with E-state index in [1.54, 1.807) is 6.92 Å². The molecule has 0 saturated carbocycles. The monoisotopic (exact) mass is 315 g/mol. The van der Waals surface area contributed by atoms with E-state index in [1.165, 1.54) is 7.11 Å². The molecule has 0 aromatic rings. The van der Waals surface area contributed by atoms with Gasteiger partial charge in [-0.3, -0.25) is 0 Å². The largest absolute Gasteiger partial charge is 0.467 e. The summed E-state index contributed by atoms with van der Waals surface area (Å²) in [6.07, 6.45) is -1.59. The fraction of sp³-hybridized carbons (Fsp3) is 0.923. The number of carbonyl (C=O) groups excluding carboxylic acids is 1. The molecule has 0 unspecified atom stereocenters. The first-order valence-electron chi connectivity index (χ1n) is 7.00. The maximum absolute atomic E-state index is 11.8. The minimum Gasteiger partial charge on any atom is -0.467 e. The molecule has 7 nitrogen and oxygen atoms in total. The van der Waals surface area contributed by atoms with Gasteiger partial charge in [0.2, 0.25) is 0 Å². The van der Waals surface area contributed by atoms with Crippen LogP contribution in [0.2, 0.25) is 18.1 Å². The summed E-state index contributed by atoms with van der Waals surface area (Å²) in [5.74, 6) is -0.455. The van der Waals surface area contributed by atoms with Crippen molar-refractivity contribution >= 4 is 14.3 Å². The third-order valence-electron chi connectivity index (χ3n) is 4.31. The highest BCUT2D eigenvalue weighted by Crippen LogP contribution is 2.41. The van der Waals surface area contributed by atoms with Gasteiger partial charge in [0.05, 0.1) is 19.3 Å². The molecule has 8 heteroatoms. The van der Waals surface area contributed by atoms with Gasteiger partial charge in [-0.1, -0.05) is 32.8 Å². The number of ether oxygens (including phenoxy) is 2. The molecule has 4 atom stereocenters. The number of hydrogen-bond donors (Lipinski definition) is 0. The van der Waals surface area contributed by atoms with Crippen molar-refractivity contribution in [3.8, 4) is 0 Å². The summed E-state index contributed by atoms with van der Waals surface area (Å²) in [6, 6.07) is -0.398. The predicted octanol–water partition coefficient (Wildman–Crippen LogP) is 3.02. The van der Waals surface area contributed by atoms with E-state index in [-0.39, 0.29) is 5.04 Å². The molecule has 0 aromatic heterocycles. The van der Waals surface area contributed by atoms with E-state index in [9.17, 15) is 4.79 Å². The van der Waals surface area contributed by atoms with E-state index in [0.717, 1.165) is 0 Å². The van der Waals surface area contributed by atoms with Gasteiger partial charge < -0.3 is 13.9 Å². The van der Waals surface area contributed by atoms with E-state index < -0.39 is 38.6 Å². The smallest absolute Gasteiger partial charge is 0.337 e. The van der Waals surface area contributed by atoms with Gasteiger partial charge >= 0.3 is 5.97 Å². The molecule has 1 heterocycles. The number of azide groups is 1. The summed E-state index contributed by atoms with van der Waals surface area (Å²) in [4.78, 5) is 14.5. The SMILES string of the molecule is COC(=O)[C@@H]1O[C@@H]([C@H](C)N=[N+]=[N-])[C@H]1O[Si](C)(C)C(C)(C)C. The Morgan fingerprint density at radius 3 is 2.43 bits per heavy atom. The van der Waals surface area contributed by atoms with Crippen LogP contribution in [0.5, 0.6) is 0 Å². The average molecular weight is 315 g/mol. The summed E-state index contributed by atoms with van der Waals surface area (Å²) in [7, 11) is -0.753. The minimum atomic E-state index is -2.07. The summed E-state index contributed by atoms with van der Waals surface area (Å²) in [5.41, 5.74) is 8.55. The Kier molecular flexibility index (Phi) is 5.44. The first-order valence-corrected chi connectivity index (χ1v) is 9.91. The fourth-order valence-electron chi connectivity index (χ4n) is 1.89. The van der Waals surface area contributed by atoms with Crippen LogP contribution in [0.3, 0.4) is 0 Å². The molecule has 0 aliphatic carbocycles. The molecule has 120 valence electrons. The number of nitrogens with zero attached hydrogens (tertiary/aromatic N) is 3. The molecular weight excluding hydrogens is 290 g/mol. The Bertz CT molecular complexity index is 443. The van der Waals surface area contributed by atoms with Crippen LogP contribution in [-0.2, 0) is 18.7 Å². The van der Waals surface area contributed by atoms with Gasteiger partial charge in [0.1, 0.15) is 6.10 Å². The molecule has 1 saturated heterocycles. The zero-order valence-corrected chi connectivity index (χ0v) is 14.8. The van der Waals surface area contributed by atoms with E-state index in [4.69, 9.17) is 19.4 Å². The number of rotatable bonds is 5. The lowest BCUT2D eigenvalue weighted by Crippen LogP contribution is -2.65. The van der Waals surface area contributed by atoms with Gasteiger partial charge in [0, 0.05) is 4.91 Å². The lowest BCUT2D eigenvalue weighted by molar-refractivity contribution is -0.230. The van der Waals surface area contributed by atoms with Crippen LogP contribution in [-0.4, -0.2) is 45.8 Å². The second-order valence-corrected chi connectivity index (χ2v) is 11.6. The van der Waals surface area contributed by atoms with Gasteiger partial charge in [0.25, 0.3) is 0 Å². The summed E-state index contributed by atoms with van der Waals surface area (Å²) < 4.78 is 16.6. The van der Waals surface area contributed by atoms with E-state index in [0.29, 0.717) is 0 Å². The maximum Gasteiger partial charge on any atom is 0.337 e. The van der Waals surface area contributed by atoms with Crippen molar-refractivity contribution < 1.29 is 18.7 Å². The van der Waals surface area contributed by atoms with E-state index in [1.807, 2.05) is 0 Å². The topological polar surface area (TPSA) is 93.5 Å². The Morgan fingerprint density at radius 1 is 1.43 bits per heavy atom. The van der Waals surface area contributed by atoms with Crippen molar-refractivity contribution in [2.45, 2.75) is 70.2 Å². The molecule has 1 rings (SSSR count). The van der Waals surface area contributed by atoms with Crippen LogP contribution in [0.25, 0.3) is 10.4 Å². The predicted molar refractivity (Wildman–Crippen MR) is 81.4 cm³/mol. The molecule has 1 aliphatic heterocycles. The third kappa shape index (κ3) is 3.77. The summed E-state index contributed by atoms with van der Waals surface area (Å²) in [6.45, 7) is 12.3. The van der Waals surface area contributed by atoms with Crippen molar-refractivity contribution in [1.29, 1.82) is 0 Å². The Morgan fingerprint density at radius 2 is 2.00 bits per heavy atom. The van der Waals surface area contributed by atoms with Crippen LogP contribution < -0.4 is 0 Å². The fourth-order valence-corrected chi connectivity index (χ4v) is 3.19. The van der Waals surface area contributed by atoms with Crippen molar-refractivity contribution in [2.24, 2.45) is 5.11 Å². The van der Waals surface area contributed by atoms with Gasteiger partial charge in [-0.15, -0.1) is 0 Å². The summed E-state index contributed by atoms with van der Waals surface area (Å²) >= 11 is 0. The van der Waals surface area contributed by atoms with Crippen LogP contribution in [0, 0.1) is 0 Å². The Balaban J connectivity index is 2.93. The second kappa shape index (κ2) is 6.35. The maximum atomic E-state index is 11.8. The van der Waals surface area contributed by atoms with Crippen molar-refractivity contribution in [3.63, 3.8) is 0 Å². The van der Waals surface area contributed by atoms with Gasteiger partial charge in [-0.2, -0.15) is 0 Å². The standard InChI is InChI=1S/C13H25N3O4Si/c1-8(15-16-14)9-10(11(19-9)12(17)18-5)20-21(6,7)13(2,3)4/h8-11H,1-7H3/t8-,9-,10+,11+/m0/s1.